The van der Waals surface area contributed by atoms with E-state index in [-0.39, 0.29) is 5.91 Å². The molecule has 5 N–H and O–H groups in total. The molecule has 0 spiro atoms. The first kappa shape index (κ1) is 9.48. The van der Waals surface area contributed by atoms with Gasteiger partial charge in [-0.2, -0.15) is 0 Å². The van der Waals surface area contributed by atoms with E-state index in [4.69, 9.17) is 11.6 Å². The van der Waals surface area contributed by atoms with E-state index in [9.17, 15) is 4.79 Å². The number of nitrogens with two attached hydrogens (primary N) is 2. The number of carbonyl (C=O) groups is 1. The number of amides is 1. The molecule has 4 nitrogen and oxygen atoms in total. The highest BCUT2D eigenvalue weighted by Gasteiger charge is 2.09. The van der Waals surface area contributed by atoms with Gasteiger partial charge in [0.05, 0.1) is 0 Å². The number of hydrazine groups is 1. The zero-order valence-electron chi connectivity index (χ0n) is 8.03. The van der Waals surface area contributed by atoms with E-state index in [1.54, 1.807) is 12.1 Å². The Balaban J connectivity index is 2.77. The quantitative estimate of drug-likeness (QED) is 0.279. The van der Waals surface area contributed by atoms with Crippen molar-refractivity contribution in [3.8, 4) is 0 Å². The minimum Gasteiger partial charge on any atom is -0.398 e. The predicted molar refractivity (Wildman–Crippen MR) is 60.0 cm³/mol. The van der Waals surface area contributed by atoms with Gasteiger partial charge in [0, 0.05) is 16.6 Å². The average molecular weight is 201 g/mol. The summed E-state index contributed by atoms with van der Waals surface area (Å²) in [5, 5.41) is 1.67. The molecule has 0 saturated heterocycles. The summed E-state index contributed by atoms with van der Waals surface area (Å²) in [5.41, 5.74) is 9.10. The number of rotatable bonds is 1. The van der Waals surface area contributed by atoms with E-state index in [1.165, 1.54) is 0 Å². The van der Waals surface area contributed by atoms with Crippen LogP contribution in [0.15, 0.2) is 36.4 Å². The Morgan fingerprint density at radius 3 is 2.40 bits per heavy atom. The van der Waals surface area contributed by atoms with Gasteiger partial charge in [0.2, 0.25) is 0 Å². The second-order valence-corrected chi connectivity index (χ2v) is 3.22. The number of nitrogens with one attached hydrogen (secondary N) is 1. The summed E-state index contributed by atoms with van der Waals surface area (Å²) in [6.45, 7) is 0. The molecule has 4 heteroatoms. The SMILES string of the molecule is NNC(=O)c1ccc(N)c2ccccc12. The first-order chi connectivity index (χ1) is 7.24. The molecular formula is C11H11N3O. The molecule has 0 atom stereocenters. The highest BCUT2D eigenvalue weighted by atomic mass is 16.2. The van der Waals surface area contributed by atoms with Crippen LogP contribution in [-0.2, 0) is 0 Å². The lowest BCUT2D eigenvalue weighted by molar-refractivity contribution is 0.0955. The maximum absolute atomic E-state index is 11.5. The van der Waals surface area contributed by atoms with Gasteiger partial charge < -0.3 is 5.73 Å². The molecule has 0 fully saturated rings. The fourth-order valence-corrected chi connectivity index (χ4v) is 1.60. The Labute approximate surface area is 86.8 Å². The van der Waals surface area contributed by atoms with Crippen LogP contribution in [0, 0.1) is 0 Å². The summed E-state index contributed by atoms with van der Waals surface area (Å²) in [5.74, 6) is 4.79. The molecule has 0 aliphatic carbocycles. The predicted octanol–water partition coefficient (Wildman–Crippen LogP) is 1.03. The molecule has 0 aliphatic rings. The normalized spacial score (nSPS) is 10.2. The van der Waals surface area contributed by atoms with Gasteiger partial charge in [0.15, 0.2) is 0 Å². The van der Waals surface area contributed by atoms with Gasteiger partial charge in [-0.1, -0.05) is 24.3 Å². The summed E-state index contributed by atoms with van der Waals surface area (Å²) >= 11 is 0. The number of benzene rings is 2. The summed E-state index contributed by atoms with van der Waals surface area (Å²) in [4.78, 5) is 11.5. The summed E-state index contributed by atoms with van der Waals surface area (Å²) in [6, 6.07) is 10.8. The molecule has 2 aromatic carbocycles. The lowest BCUT2D eigenvalue weighted by Gasteiger charge is -2.06. The van der Waals surface area contributed by atoms with Crippen LogP contribution in [-0.4, -0.2) is 5.91 Å². The van der Waals surface area contributed by atoms with Gasteiger partial charge in [0.1, 0.15) is 0 Å². The lowest BCUT2D eigenvalue weighted by atomic mass is 10.0. The molecule has 76 valence electrons. The first-order valence-corrected chi connectivity index (χ1v) is 4.52. The van der Waals surface area contributed by atoms with E-state index in [2.05, 4.69) is 5.43 Å². The maximum Gasteiger partial charge on any atom is 0.265 e. The number of nitrogen functional groups attached to an aromatic ring is 2. The van der Waals surface area contributed by atoms with Crippen LogP contribution >= 0.6 is 0 Å². The number of anilines is 1. The van der Waals surface area contributed by atoms with E-state index >= 15 is 0 Å². The van der Waals surface area contributed by atoms with Crippen molar-refractivity contribution < 1.29 is 4.79 Å². The van der Waals surface area contributed by atoms with E-state index in [0.717, 1.165) is 10.8 Å². The van der Waals surface area contributed by atoms with Gasteiger partial charge >= 0.3 is 0 Å². The van der Waals surface area contributed by atoms with Crippen molar-refractivity contribution in [1.29, 1.82) is 0 Å². The van der Waals surface area contributed by atoms with Crippen molar-refractivity contribution in [2.24, 2.45) is 5.84 Å². The highest BCUT2D eigenvalue weighted by molar-refractivity contribution is 6.09. The highest BCUT2D eigenvalue weighted by Crippen LogP contribution is 2.24. The number of hydrogen-bond acceptors (Lipinski definition) is 3. The van der Waals surface area contributed by atoms with Crippen LogP contribution in [0.25, 0.3) is 10.8 Å². The Bertz CT molecular complexity index is 522. The van der Waals surface area contributed by atoms with Crippen LogP contribution in [0.2, 0.25) is 0 Å². The summed E-state index contributed by atoms with van der Waals surface area (Å²) < 4.78 is 0. The van der Waals surface area contributed by atoms with Gasteiger partial charge in [-0.05, 0) is 17.5 Å². The standard InChI is InChI=1S/C11H11N3O/c12-10-6-5-9(11(15)14-13)7-3-1-2-4-8(7)10/h1-6H,12-13H2,(H,14,15). The van der Waals surface area contributed by atoms with Gasteiger partial charge in [0.25, 0.3) is 5.91 Å². The van der Waals surface area contributed by atoms with Crippen molar-refractivity contribution in [3.05, 3.63) is 42.0 Å². The third kappa shape index (κ3) is 1.51. The second-order valence-electron chi connectivity index (χ2n) is 3.22. The number of fused-ring (bicyclic) bond motifs is 1. The van der Waals surface area contributed by atoms with Crippen molar-refractivity contribution in [1.82, 2.24) is 5.43 Å². The molecule has 2 rings (SSSR count). The topological polar surface area (TPSA) is 81.1 Å². The minimum atomic E-state index is -0.314. The largest absolute Gasteiger partial charge is 0.398 e. The molecule has 0 radical (unpaired) electrons. The zero-order valence-corrected chi connectivity index (χ0v) is 8.03. The number of hydrogen-bond donors (Lipinski definition) is 3. The number of carbonyl (C=O) groups excluding carboxylic acids is 1. The van der Waals surface area contributed by atoms with Crippen LogP contribution < -0.4 is 17.0 Å². The minimum absolute atomic E-state index is 0.314. The molecule has 0 heterocycles. The average Bonchev–Trinajstić information content (AvgIpc) is 2.29. The van der Waals surface area contributed by atoms with Crippen LogP contribution in [0.4, 0.5) is 5.69 Å². The zero-order chi connectivity index (χ0) is 10.8. The molecule has 0 bridgehead atoms. The monoisotopic (exact) mass is 201 g/mol. The van der Waals surface area contributed by atoms with Crippen LogP contribution in [0.5, 0.6) is 0 Å². The second kappa shape index (κ2) is 3.59. The van der Waals surface area contributed by atoms with E-state index in [0.29, 0.717) is 11.3 Å². The van der Waals surface area contributed by atoms with E-state index < -0.39 is 0 Å². The Hall–Kier alpha value is -2.07. The molecule has 1 amide bonds. The van der Waals surface area contributed by atoms with Crippen molar-refractivity contribution in [2.45, 2.75) is 0 Å². The molecule has 15 heavy (non-hydrogen) atoms. The van der Waals surface area contributed by atoms with Crippen LogP contribution in [0.1, 0.15) is 10.4 Å². The molecule has 0 aromatic heterocycles. The molecule has 0 aliphatic heterocycles. The summed E-state index contributed by atoms with van der Waals surface area (Å²) in [6.07, 6.45) is 0. The van der Waals surface area contributed by atoms with Crippen molar-refractivity contribution in [3.63, 3.8) is 0 Å². The Morgan fingerprint density at radius 1 is 1.07 bits per heavy atom. The summed E-state index contributed by atoms with van der Waals surface area (Å²) in [7, 11) is 0. The third-order valence-electron chi connectivity index (χ3n) is 2.33. The maximum atomic E-state index is 11.5. The van der Waals surface area contributed by atoms with Crippen molar-refractivity contribution >= 4 is 22.4 Å². The third-order valence-corrected chi connectivity index (χ3v) is 2.33. The Kier molecular flexibility index (Phi) is 2.27. The molecule has 2 aromatic rings. The van der Waals surface area contributed by atoms with Crippen molar-refractivity contribution in [2.75, 3.05) is 5.73 Å². The fraction of sp³-hybridized carbons (Fsp3) is 0. The van der Waals surface area contributed by atoms with Crippen LogP contribution in [0.3, 0.4) is 0 Å². The smallest absolute Gasteiger partial charge is 0.265 e. The molecule has 0 saturated carbocycles. The van der Waals surface area contributed by atoms with E-state index in [1.807, 2.05) is 24.3 Å². The fourth-order valence-electron chi connectivity index (χ4n) is 1.60. The first-order valence-electron chi connectivity index (χ1n) is 4.52. The van der Waals surface area contributed by atoms with Gasteiger partial charge in [-0.25, -0.2) is 5.84 Å². The Morgan fingerprint density at radius 2 is 1.73 bits per heavy atom. The van der Waals surface area contributed by atoms with Gasteiger partial charge in [-0.15, -0.1) is 0 Å². The molecular weight excluding hydrogens is 190 g/mol. The molecule has 0 unspecified atom stereocenters. The van der Waals surface area contributed by atoms with Gasteiger partial charge in [-0.3, -0.25) is 10.2 Å². The lowest BCUT2D eigenvalue weighted by Crippen LogP contribution is -2.30.